The second kappa shape index (κ2) is 7.42. The van der Waals surface area contributed by atoms with Gasteiger partial charge in [0, 0.05) is 11.4 Å². The third kappa shape index (κ3) is 3.99. The van der Waals surface area contributed by atoms with Gasteiger partial charge < -0.3 is 10.6 Å². The summed E-state index contributed by atoms with van der Waals surface area (Å²) in [5, 5.41) is 14.1. The molecule has 0 bridgehead atoms. The van der Waals surface area contributed by atoms with Gasteiger partial charge in [-0.1, -0.05) is 38.1 Å². The van der Waals surface area contributed by atoms with Crippen LogP contribution in [0.4, 0.5) is 11.4 Å². The summed E-state index contributed by atoms with van der Waals surface area (Å²) in [7, 11) is 0. The van der Waals surface area contributed by atoms with E-state index in [1.807, 2.05) is 45.0 Å². The van der Waals surface area contributed by atoms with Gasteiger partial charge in [-0.25, -0.2) is 0 Å². The first-order chi connectivity index (χ1) is 11.4. The minimum Gasteiger partial charge on any atom is -0.318 e. The van der Waals surface area contributed by atoms with Gasteiger partial charge in [0.05, 0.1) is 11.6 Å². The van der Waals surface area contributed by atoms with E-state index in [0.717, 1.165) is 11.1 Å². The standard InChI is InChI=1S/C19H19N3O2/c1-12(2)16-9-4-6-13(3)17(16)22-19(24)18(23)21-15-8-5-7-14(10-15)11-20/h4-10,12H,1-3H3,(H,21,23)(H,22,24). The summed E-state index contributed by atoms with van der Waals surface area (Å²) in [6, 6.07) is 14.1. The summed E-state index contributed by atoms with van der Waals surface area (Å²) < 4.78 is 0. The van der Waals surface area contributed by atoms with Gasteiger partial charge in [-0.2, -0.15) is 5.26 Å². The number of nitrogens with one attached hydrogen (secondary N) is 2. The number of hydrogen-bond donors (Lipinski definition) is 2. The average Bonchev–Trinajstić information content (AvgIpc) is 2.56. The monoisotopic (exact) mass is 321 g/mol. The highest BCUT2D eigenvalue weighted by Gasteiger charge is 2.18. The van der Waals surface area contributed by atoms with E-state index in [4.69, 9.17) is 5.26 Å². The molecule has 2 aromatic carbocycles. The molecule has 0 unspecified atom stereocenters. The SMILES string of the molecule is Cc1cccc(C(C)C)c1NC(=O)C(=O)Nc1cccc(C#N)c1. The van der Waals surface area contributed by atoms with Crippen LogP contribution in [-0.4, -0.2) is 11.8 Å². The molecule has 0 aromatic heterocycles. The van der Waals surface area contributed by atoms with E-state index in [1.165, 1.54) is 6.07 Å². The van der Waals surface area contributed by atoms with Crippen molar-refractivity contribution in [1.82, 2.24) is 0 Å². The van der Waals surface area contributed by atoms with Gasteiger partial charge in [0.1, 0.15) is 0 Å². The summed E-state index contributed by atoms with van der Waals surface area (Å²) in [4.78, 5) is 24.3. The number of rotatable bonds is 3. The third-order valence-electron chi connectivity index (χ3n) is 3.62. The molecule has 0 radical (unpaired) electrons. The molecule has 0 aliphatic heterocycles. The van der Waals surface area contributed by atoms with Crippen LogP contribution in [-0.2, 0) is 9.59 Å². The molecule has 2 rings (SSSR count). The van der Waals surface area contributed by atoms with Crippen LogP contribution in [0.25, 0.3) is 0 Å². The lowest BCUT2D eigenvalue weighted by molar-refractivity contribution is -0.133. The largest absolute Gasteiger partial charge is 0.318 e. The summed E-state index contributed by atoms with van der Waals surface area (Å²) >= 11 is 0. The smallest absolute Gasteiger partial charge is 0.314 e. The molecule has 0 saturated carbocycles. The average molecular weight is 321 g/mol. The van der Waals surface area contributed by atoms with Crippen molar-refractivity contribution in [2.75, 3.05) is 10.6 Å². The van der Waals surface area contributed by atoms with Crippen LogP contribution in [0.1, 0.15) is 36.5 Å². The Morgan fingerprint density at radius 2 is 1.71 bits per heavy atom. The van der Waals surface area contributed by atoms with Crippen LogP contribution in [0.2, 0.25) is 0 Å². The Labute approximate surface area is 141 Å². The van der Waals surface area contributed by atoms with Crippen LogP contribution in [0.15, 0.2) is 42.5 Å². The Bertz CT molecular complexity index is 820. The molecule has 2 N–H and O–H groups in total. The van der Waals surface area contributed by atoms with E-state index in [9.17, 15) is 9.59 Å². The lowest BCUT2D eigenvalue weighted by atomic mass is 9.98. The van der Waals surface area contributed by atoms with Crippen LogP contribution in [0, 0.1) is 18.3 Å². The molecule has 0 saturated heterocycles. The minimum absolute atomic E-state index is 0.218. The van der Waals surface area contributed by atoms with E-state index in [-0.39, 0.29) is 5.92 Å². The number of para-hydroxylation sites is 1. The number of anilines is 2. The van der Waals surface area contributed by atoms with Crippen molar-refractivity contribution in [2.24, 2.45) is 0 Å². The Morgan fingerprint density at radius 1 is 1.04 bits per heavy atom. The zero-order valence-corrected chi connectivity index (χ0v) is 13.9. The minimum atomic E-state index is -0.775. The number of nitrogens with zero attached hydrogens (tertiary/aromatic N) is 1. The molecule has 0 fully saturated rings. The second-order valence-electron chi connectivity index (χ2n) is 5.79. The van der Waals surface area contributed by atoms with Crippen molar-refractivity contribution in [2.45, 2.75) is 26.7 Å². The molecule has 0 spiro atoms. The molecule has 122 valence electrons. The highest BCUT2D eigenvalue weighted by Crippen LogP contribution is 2.27. The van der Waals surface area contributed by atoms with Gasteiger partial charge in [-0.05, 0) is 42.2 Å². The lowest BCUT2D eigenvalue weighted by Gasteiger charge is -2.16. The quantitative estimate of drug-likeness (QED) is 0.848. The highest BCUT2D eigenvalue weighted by atomic mass is 16.2. The van der Waals surface area contributed by atoms with Crippen molar-refractivity contribution in [3.8, 4) is 6.07 Å². The molecule has 5 nitrogen and oxygen atoms in total. The van der Waals surface area contributed by atoms with Crippen LogP contribution < -0.4 is 10.6 Å². The zero-order chi connectivity index (χ0) is 17.7. The second-order valence-corrected chi connectivity index (χ2v) is 5.79. The maximum atomic E-state index is 12.2. The van der Waals surface area contributed by atoms with E-state index < -0.39 is 11.8 Å². The fourth-order valence-corrected chi connectivity index (χ4v) is 2.37. The molecular formula is C19H19N3O2. The molecule has 0 heterocycles. The number of benzene rings is 2. The van der Waals surface area contributed by atoms with Crippen molar-refractivity contribution >= 4 is 23.2 Å². The van der Waals surface area contributed by atoms with Gasteiger partial charge in [0.2, 0.25) is 0 Å². The zero-order valence-electron chi connectivity index (χ0n) is 13.9. The van der Waals surface area contributed by atoms with Crippen LogP contribution in [0.5, 0.6) is 0 Å². The first-order valence-electron chi connectivity index (χ1n) is 7.64. The fourth-order valence-electron chi connectivity index (χ4n) is 2.37. The van der Waals surface area contributed by atoms with Gasteiger partial charge >= 0.3 is 11.8 Å². The van der Waals surface area contributed by atoms with Gasteiger partial charge in [0.25, 0.3) is 0 Å². The molecule has 2 aromatic rings. The number of amides is 2. The van der Waals surface area contributed by atoms with Gasteiger partial charge in [-0.3, -0.25) is 9.59 Å². The predicted octanol–water partition coefficient (Wildman–Crippen LogP) is 3.57. The normalized spacial score (nSPS) is 10.1. The van der Waals surface area contributed by atoms with E-state index in [1.54, 1.807) is 18.2 Å². The van der Waals surface area contributed by atoms with Crippen LogP contribution >= 0.6 is 0 Å². The lowest BCUT2D eigenvalue weighted by Crippen LogP contribution is -2.29. The number of nitriles is 1. The molecule has 5 heteroatoms. The predicted molar refractivity (Wildman–Crippen MR) is 93.7 cm³/mol. The summed E-state index contributed by atoms with van der Waals surface area (Å²) in [5.41, 5.74) is 3.35. The van der Waals surface area contributed by atoms with Crippen molar-refractivity contribution in [1.29, 1.82) is 5.26 Å². The number of carbonyl (C=O) groups excluding carboxylic acids is 2. The summed E-state index contributed by atoms with van der Waals surface area (Å²) in [6.45, 7) is 5.94. The number of aryl methyl sites for hydroxylation is 1. The maximum absolute atomic E-state index is 12.2. The highest BCUT2D eigenvalue weighted by molar-refractivity contribution is 6.43. The van der Waals surface area contributed by atoms with E-state index >= 15 is 0 Å². The van der Waals surface area contributed by atoms with Crippen molar-refractivity contribution < 1.29 is 9.59 Å². The van der Waals surface area contributed by atoms with Crippen molar-refractivity contribution in [3.05, 3.63) is 59.2 Å². The molecule has 0 aliphatic rings. The van der Waals surface area contributed by atoms with Crippen LogP contribution in [0.3, 0.4) is 0 Å². The van der Waals surface area contributed by atoms with Crippen molar-refractivity contribution in [3.63, 3.8) is 0 Å². The van der Waals surface area contributed by atoms with E-state index in [2.05, 4.69) is 10.6 Å². The topological polar surface area (TPSA) is 82.0 Å². The molecule has 24 heavy (non-hydrogen) atoms. The first-order valence-corrected chi connectivity index (χ1v) is 7.64. The van der Waals surface area contributed by atoms with E-state index in [0.29, 0.717) is 16.9 Å². The molecule has 2 amide bonds. The van der Waals surface area contributed by atoms with Gasteiger partial charge in [-0.15, -0.1) is 0 Å². The fraction of sp³-hybridized carbons (Fsp3) is 0.211. The molecule has 0 aliphatic carbocycles. The first kappa shape index (κ1) is 17.2. The summed E-state index contributed by atoms with van der Waals surface area (Å²) in [5.74, 6) is -1.30. The van der Waals surface area contributed by atoms with Gasteiger partial charge in [0.15, 0.2) is 0 Å². The Kier molecular flexibility index (Phi) is 5.33. The third-order valence-corrected chi connectivity index (χ3v) is 3.62. The summed E-state index contributed by atoms with van der Waals surface area (Å²) in [6.07, 6.45) is 0. The number of hydrogen-bond acceptors (Lipinski definition) is 3. The Morgan fingerprint density at radius 3 is 2.38 bits per heavy atom. The molecular weight excluding hydrogens is 302 g/mol. The number of carbonyl (C=O) groups is 2. The Hall–Kier alpha value is -3.13. The Balaban J connectivity index is 2.15. The maximum Gasteiger partial charge on any atom is 0.314 e. The molecule has 0 atom stereocenters.